The molecule has 27 heavy (non-hydrogen) atoms. The van der Waals surface area contributed by atoms with Crippen LogP contribution in [0.5, 0.6) is 0 Å². The zero-order valence-electron chi connectivity index (χ0n) is 16.8. The molecule has 0 bridgehead atoms. The zero-order chi connectivity index (χ0) is 20.2. The number of pyridine rings is 1. The molecule has 2 N–H and O–H groups in total. The van der Waals surface area contributed by atoms with Gasteiger partial charge in [-0.05, 0) is 41.0 Å². The van der Waals surface area contributed by atoms with E-state index in [1.807, 2.05) is 38.6 Å². The van der Waals surface area contributed by atoms with E-state index < -0.39 is 5.60 Å². The number of carbonyl (C=O) groups excluding carboxylic acids is 1. The summed E-state index contributed by atoms with van der Waals surface area (Å²) >= 11 is 0. The second-order valence-corrected chi connectivity index (χ2v) is 7.61. The number of hydrogen-bond acceptors (Lipinski definition) is 5. The van der Waals surface area contributed by atoms with Crippen molar-refractivity contribution in [2.24, 2.45) is 0 Å². The fourth-order valence-corrected chi connectivity index (χ4v) is 2.56. The molecule has 0 saturated carbocycles. The SMILES string of the molecule is [B]c1cc(-c2cnn(C(C)CCN(CC)C(=O)OC(C)(C)C)c2)cnc1N. The molecule has 7 nitrogen and oxygen atoms in total. The van der Waals surface area contributed by atoms with Crippen LogP contribution in [0.25, 0.3) is 11.1 Å². The summed E-state index contributed by atoms with van der Waals surface area (Å²) in [4.78, 5) is 18.0. The Kier molecular flexibility index (Phi) is 6.52. The van der Waals surface area contributed by atoms with E-state index in [1.165, 1.54) is 0 Å². The molecule has 144 valence electrons. The summed E-state index contributed by atoms with van der Waals surface area (Å²) in [5, 5.41) is 4.43. The smallest absolute Gasteiger partial charge is 0.410 e. The monoisotopic (exact) mass is 369 g/mol. The van der Waals surface area contributed by atoms with Crippen LogP contribution in [-0.4, -0.2) is 52.3 Å². The highest BCUT2D eigenvalue weighted by Gasteiger charge is 2.21. The van der Waals surface area contributed by atoms with E-state index in [4.69, 9.17) is 18.3 Å². The van der Waals surface area contributed by atoms with Crippen LogP contribution in [0, 0.1) is 0 Å². The Bertz CT molecular complexity index is 785. The maximum atomic E-state index is 12.2. The second-order valence-electron chi connectivity index (χ2n) is 7.61. The van der Waals surface area contributed by atoms with Crippen LogP contribution in [-0.2, 0) is 4.74 Å². The van der Waals surface area contributed by atoms with Crippen molar-refractivity contribution in [2.45, 2.75) is 52.7 Å². The van der Waals surface area contributed by atoms with Crippen molar-refractivity contribution in [2.75, 3.05) is 18.8 Å². The van der Waals surface area contributed by atoms with Crippen molar-refractivity contribution >= 4 is 25.2 Å². The minimum atomic E-state index is -0.498. The quantitative estimate of drug-likeness (QED) is 0.791. The molecule has 1 unspecified atom stereocenters. The van der Waals surface area contributed by atoms with Gasteiger partial charge in [-0.15, -0.1) is 0 Å². The van der Waals surface area contributed by atoms with Gasteiger partial charge in [0.1, 0.15) is 19.3 Å². The minimum Gasteiger partial charge on any atom is -0.444 e. The van der Waals surface area contributed by atoms with Crippen molar-refractivity contribution in [1.82, 2.24) is 19.7 Å². The van der Waals surface area contributed by atoms with Crippen LogP contribution in [0.2, 0.25) is 0 Å². The van der Waals surface area contributed by atoms with Gasteiger partial charge < -0.3 is 15.4 Å². The van der Waals surface area contributed by atoms with Crippen molar-refractivity contribution < 1.29 is 9.53 Å². The van der Waals surface area contributed by atoms with Gasteiger partial charge >= 0.3 is 6.09 Å². The topological polar surface area (TPSA) is 86.3 Å². The molecule has 0 aromatic carbocycles. The first-order valence-corrected chi connectivity index (χ1v) is 9.14. The number of ether oxygens (including phenoxy) is 1. The van der Waals surface area contributed by atoms with E-state index in [0.717, 1.165) is 17.5 Å². The third-order valence-corrected chi connectivity index (χ3v) is 4.19. The molecule has 2 aromatic rings. The molecule has 0 fully saturated rings. The average Bonchev–Trinajstić information content (AvgIpc) is 3.06. The standard InChI is InChI=1S/C19H28BN5O2/c1-6-24(18(26)27-19(3,4)5)8-7-13(2)25-12-15(11-23-25)14-9-16(20)17(21)22-10-14/h9-13H,6-8H2,1-5H3,(H2,21,22). The number of nitrogen functional groups attached to an aromatic ring is 1. The third-order valence-electron chi connectivity index (χ3n) is 4.19. The van der Waals surface area contributed by atoms with Gasteiger partial charge in [0.25, 0.3) is 0 Å². The van der Waals surface area contributed by atoms with Crippen molar-refractivity contribution in [1.29, 1.82) is 0 Å². The van der Waals surface area contributed by atoms with Gasteiger partial charge in [0.15, 0.2) is 0 Å². The Balaban J connectivity index is 1.99. The Morgan fingerprint density at radius 3 is 2.67 bits per heavy atom. The second kappa shape index (κ2) is 8.46. The first kappa shape index (κ1) is 20.8. The van der Waals surface area contributed by atoms with Crippen LogP contribution >= 0.6 is 0 Å². The number of carbonyl (C=O) groups is 1. The Hall–Kier alpha value is -2.51. The van der Waals surface area contributed by atoms with Gasteiger partial charge in [-0.25, -0.2) is 9.78 Å². The maximum absolute atomic E-state index is 12.2. The highest BCUT2D eigenvalue weighted by atomic mass is 16.6. The molecule has 0 aliphatic carbocycles. The summed E-state index contributed by atoms with van der Waals surface area (Å²) in [5.41, 5.74) is 7.40. The first-order chi connectivity index (χ1) is 12.6. The molecule has 0 aliphatic heterocycles. The van der Waals surface area contributed by atoms with Gasteiger partial charge in [-0.2, -0.15) is 5.10 Å². The van der Waals surface area contributed by atoms with Gasteiger partial charge in [0, 0.05) is 36.6 Å². The van der Waals surface area contributed by atoms with Gasteiger partial charge in [0.05, 0.1) is 12.2 Å². The van der Waals surface area contributed by atoms with Gasteiger partial charge in [0.2, 0.25) is 0 Å². The summed E-state index contributed by atoms with van der Waals surface area (Å²) < 4.78 is 7.33. The van der Waals surface area contributed by atoms with Crippen molar-refractivity contribution in [3.8, 4) is 11.1 Å². The van der Waals surface area contributed by atoms with Gasteiger partial charge in [-0.3, -0.25) is 4.68 Å². The van der Waals surface area contributed by atoms with Crippen LogP contribution in [0.15, 0.2) is 24.7 Å². The summed E-state index contributed by atoms with van der Waals surface area (Å²) in [6.45, 7) is 10.8. The lowest BCUT2D eigenvalue weighted by Crippen LogP contribution is -2.37. The largest absolute Gasteiger partial charge is 0.444 e. The molecule has 2 heterocycles. The first-order valence-electron chi connectivity index (χ1n) is 9.14. The van der Waals surface area contributed by atoms with Crippen molar-refractivity contribution in [3.05, 3.63) is 24.7 Å². The fraction of sp³-hybridized carbons (Fsp3) is 0.526. The Morgan fingerprint density at radius 2 is 2.07 bits per heavy atom. The van der Waals surface area contributed by atoms with Crippen LogP contribution < -0.4 is 11.2 Å². The van der Waals surface area contributed by atoms with Crippen LogP contribution in [0.3, 0.4) is 0 Å². The molecule has 0 saturated heterocycles. The average molecular weight is 369 g/mol. The lowest BCUT2D eigenvalue weighted by Gasteiger charge is -2.27. The molecule has 8 heteroatoms. The number of nitrogens with zero attached hydrogens (tertiary/aromatic N) is 4. The summed E-state index contributed by atoms with van der Waals surface area (Å²) in [6, 6.07) is 1.91. The normalized spacial score (nSPS) is 12.6. The Labute approximate surface area is 162 Å². The van der Waals surface area contributed by atoms with E-state index in [0.29, 0.717) is 24.4 Å². The maximum Gasteiger partial charge on any atom is 0.410 e. The lowest BCUT2D eigenvalue weighted by atomic mass is 9.94. The molecule has 2 aromatic heterocycles. The molecule has 1 amide bonds. The molecule has 2 radical (unpaired) electrons. The Morgan fingerprint density at radius 1 is 1.37 bits per heavy atom. The zero-order valence-corrected chi connectivity index (χ0v) is 16.8. The third kappa shape index (κ3) is 5.74. The number of rotatable bonds is 6. The highest BCUT2D eigenvalue weighted by Crippen LogP contribution is 2.20. The van der Waals surface area contributed by atoms with Crippen LogP contribution in [0.1, 0.15) is 47.1 Å². The van der Waals surface area contributed by atoms with E-state index in [1.54, 1.807) is 23.4 Å². The molecule has 0 spiro atoms. The molecular weight excluding hydrogens is 341 g/mol. The van der Waals surface area contributed by atoms with E-state index >= 15 is 0 Å². The molecule has 0 aliphatic rings. The molecule has 1 atom stereocenters. The summed E-state index contributed by atoms with van der Waals surface area (Å²) in [7, 11) is 5.83. The molecular formula is C19H28BN5O2. The fourth-order valence-electron chi connectivity index (χ4n) is 2.56. The van der Waals surface area contributed by atoms with E-state index in [9.17, 15) is 4.79 Å². The van der Waals surface area contributed by atoms with Gasteiger partial charge in [-0.1, -0.05) is 11.5 Å². The number of nitrogens with two attached hydrogens (primary N) is 1. The lowest BCUT2D eigenvalue weighted by molar-refractivity contribution is 0.0252. The number of aromatic nitrogens is 3. The summed E-state index contributed by atoms with van der Waals surface area (Å²) in [6.07, 6.45) is 5.87. The van der Waals surface area contributed by atoms with E-state index in [-0.39, 0.29) is 12.1 Å². The number of hydrogen-bond donors (Lipinski definition) is 1. The predicted molar refractivity (Wildman–Crippen MR) is 108 cm³/mol. The van der Waals surface area contributed by atoms with Crippen molar-refractivity contribution in [3.63, 3.8) is 0 Å². The number of anilines is 1. The summed E-state index contributed by atoms with van der Waals surface area (Å²) in [5.74, 6) is 0.321. The van der Waals surface area contributed by atoms with E-state index in [2.05, 4.69) is 17.0 Å². The number of amides is 1. The minimum absolute atomic E-state index is 0.120. The predicted octanol–water partition coefficient (Wildman–Crippen LogP) is 2.53. The van der Waals surface area contributed by atoms with Crippen LogP contribution in [0.4, 0.5) is 10.6 Å². The highest BCUT2D eigenvalue weighted by molar-refractivity contribution is 6.35. The molecule has 2 rings (SSSR count).